The van der Waals surface area contributed by atoms with Gasteiger partial charge in [-0.1, -0.05) is 0 Å². The third-order valence-electron chi connectivity index (χ3n) is 3.73. The minimum Gasteiger partial charge on any atom is -0.497 e. The van der Waals surface area contributed by atoms with Crippen molar-refractivity contribution in [2.24, 2.45) is 0 Å². The Hall–Kier alpha value is -2.87. The molecule has 1 heterocycles. The summed E-state index contributed by atoms with van der Waals surface area (Å²) in [6.45, 7) is 1.69. The van der Waals surface area contributed by atoms with Gasteiger partial charge in [-0.3, -0.25) is 9.59 Å². The zero-order valence-corrected chi connectivity index (χ0v) is 15.7. The molecule has 1 N–H and O–H groups in total. The Kier molecular flexibility index (Phi) is 6.08. The van der Waals surface area contributed by atoms with E-state index in [0.717, 1.165) is 10.6 Å². The third-order valence-corrected chi connectivity index (χ3v) is 4.72. The molecule has 0 fully saturated rings. The normalized spacial score (nSPS) is 13.0. The van der Waals surface area contributed by atoms with Gasteiger partial charge in [0.2, 0.25) is 6.79 Å². The van der Waals surface area contributed by atoms with Crippen molar-refractivity contribution in [1.82, 2.24) is 0 Å². The molecule has 1 atom stereocenters. The van der Waals surface area contributed by atoms with Gasteiger partial charge < -0.3 is 24.3 Å². The maximum Gasteiger partial charge on any atom is 0.317 e. The number of amides is 1. The van der Waals surface area contributed by atoms with Crippen molar-refractivity contribution in [3.63, 3.8) is 0 Å². The smallest absolute Gasteiger partial charge is 0.317 e. The van der Waals surface area contributed by atoms with Crippen molar-refractivity contribution in [2.75, 3.05) is 25.0 Å². The SMILES string of the molecule is COc1ccc(SCC(=O)O[C@@H](C)C(=O)Nc2ccc3c(c2)OCO3)cc1. The zero-order chi connectivity index (χ0) is 19.2. The Morgan fingerprint density at radius 2 is 1.89 bits per heavy atom. The van der Waals surface area contributed by atoms with Crippen LogP contribution in [-0.4, -0.2) is 37.6 Å². The summed E-state index contributed by atoms with van der Waals surface area (Å²) >= 11 is 1.33. The number of nitrogens with one attached hydrogen (secondary N) is 1. The lowest BCUT2D eigenvalue weighted by Gasteiger charge is -2.13. The van der Waals surface area contributed by atoms with E-state index in [1.165, 1.54) is 18.7 Å². The molecule has 0 aromatic heterocycles. The fourth-order valence-corrected chi connectivity index (χ4v) is 3.00. The van der Waals surface area contributed by atoms with Crippen molar-refractivity contribution in [3.05, 3.63) is 42.5 Å². The summed E-state index contributed by atoms with van der Waals surface area (Å²) < 4.78 is 20.8. The Bertz CT molecular complexity index is 823. The number of thioether (sulfide) groups is 1. The van der Waals surface area contributed by atoms with E-state index in [1.807, 2.05) is 24.3 Å². The molecule has 0 saturated heterocycles. The number of esters is 1. The Balaban J connectivity index is 1.46. The van der Waals surface area contributed by atoms with Gasteiger partial charge in [-0.15, -0.1) is 11.8 Å². The minimum atomic E-state index is -0.917. The fraction of sp³-hybridized carbons (Fsp3) is 0.263. The molecule has 1 amide bonds. The maximum absolute atomic E-state index is 12.2. The second-order valence-electron chi connectivity index (χ2n) is 5.65. The van der Waals surface area contributed by atoms with Crippen molar-refractivity contribution in [2.45, 2.75) is 17.9 Å². The number of carbonyl (C=O) groups excluding carboxylic acids is 2. The average molecular weight is 389 g/mol. The van der Waals surface area contributed by atoms with Gasteiger partial charge in [0.15, 0.2) is 17.6 Å². The molecule has 142 valence electrons. The van der Waals surface area contributed by atoms with Crippen LogP contribution >= 0.6 is 11.8 Å². The molecule has 0 bridgehead atoms. The monoisotopic (exact) mass is 389 g/mol. The number of rotatable bonds is 7. The van der Waals surface area contributed by atoms with Crippen LogP contribution in [0, 0.1) is 0 Å². The number of fused-ring (bicyclic) bond motifs is 1. The van der Waals surface area contributed by atoms with E-state index in [4.69, 9.17) is 18.9 Å². The zero-order valence-electron chi connectivity index (χ0n) is 14.9. The summed E-state index contributed by atoms with van der Waals surface area (Å²) in [7, 11) is 1.59. The first-order valence-electron chi connectivity index (χ1n) is 8.22. The first-order valence-corrected chi connectivity index (χ1v) is 9.20. The third kappa shape index (κ3) is 5.07. The number of benzene rings is 2. The highest BCUT2D eigenvalue weighted by molar-refractivity contribution is 8.00. The lowest BCUT2D eigenvalue weighted by atomic mass is 10.2. The summed E-state index contributed by atoms with van der Waals surface area (Å²) in [5.41, 5.74) is 0.541. The molecule has 0 aliphatic carbocycles. The Labute approximate surface area is 160 Å². The molecule has 7 nitrogen and oxygen atoms in total. The summed E-state index contributed by atoms with van der Waals surface area (Å²) in [5, 5.41) is 2.69. The number of hydrogen-bond donors (Lipinski definition) is 1. The van der Waals surface area contributed by atoms with Gasteiger partial charge in [-0.2, -0.15) is 0 Å². The molecule has 2 aromatic carbocycles. The van der Waals surface area contributed by atoms with Crippen LogP contribution < -0.4 is 19.5 Å². The van der Waals surface area contributed by atoms with Crippen LogP contribution in [0.25, 0.3) is 0 Å². The molecular weight excluding hydrogens is 370 g/mol. The second-order valence-corrected chi connectivity index (χ2v) is 6.70. The lowest BCUT2D eigenvalue weighted by Crippen LogP contribution is -2.30. The molecule has 1 aliphatic rings. The highest BCUT2D eigenvalue weighted by Crippen LogP contribution is 2.34. The fourth-order valence-electron chi connectivity index (χ4n) is 2.32. The van der Waals surface area contributed by atoms with Crippen LogP contribution in [0.15, 0.2) is 47.4 Å². The molecule has 0 radical (unpaired) electrons. The van der Waals surface area contributed by atoms with Gasteiger partial charge in [-0.25, -0.2) is 0 Å². The van der Waals surface area contributed by atoms with Crippen LogP contribution in [0.2, 0.25) is 0 Å². The minimum absolute atomic E-state index is 0.105. The molecule has 1 aliphatic heterocycles. The van der Waals surface area contributed by atoms with E-state index >= 15 is 0 Å². The first-order chi connectivity index (χ1) is 13.0. The largest absolute Gasteiger partial charge is 0.497 e. The number of ether oxygens (including phenoxy) is 4. The highest BCUT2D eigenvalue weighted by Gasteiger charge is 2.20. The van der Waals surface area contributed by atoms with E-state index in [9.17, 15) is 9.59 Å². The van der Waals surface area contributed by atoms with E-state index in [2.05, 4.69) is 5.32 Å². The van der Waals surface area contributed by atoms with Crippen molar-refractivity contribution >= 4 is 29.3 Å². The molecular formula is C19H19NO6S. The Morgan fingerprint density at radius 1 is 1.15 bits per heavy atom. The van der Waals surface area contributed by atoms with Gasteiger partial charge >= 0.3 is 5.97 Å². The predicted octanol–water partition coefficient (Wildman–Crippen LogP) is 3.09. The summed E-state index contributed by atoms with van der Waals surface area (Å²) in [6.07, 6.45) is -0.917. The first kappa shape index (κ1) is 18.9. The van der Waals surface area contributed by atoms with Crippen LogP contribution in [0.1, 0.15) is 6.92 Å². The number of carbonyl (C=O) groups is 2. The molecule has 2 aromatic rings. The molecule has 27 heavy (non-hydrogen) atoms. The van der Waals surface area contributed by atoms with E-state index in [0.29, 0.717) is 17.2 Å². The van der Waals surface area contributed by atoms with Crippen LogP contribution in [0.3, 0.4) is 0 Å². The van der Waals surface area contributed by atoms with E-state index < -0.39 is 18.0 Å². The predicted molar refractivity (Wildman–Crippen MR) is 100 cm³/mol. The average Bonchev–Trinajstić information content (AvgIpc) is 3.14. The summed E-state index contributed by atoms with van der Waals surface area (Å²) in [6, 6.07) is 12.4. The van der Waals surface area contributed by atoms with Crippen LogP contribution in [0.5, 0.6) is 17.2 Å². The highest BCUT2D eigenvalue weighted by atomic mass is 32.2. The molecule has 3 rings (SSSR count). The van der Waals surface area contributed by atoms with Crippen LogP contribution in [0.4, 0.5) is 5.69 Å². The molecule has 0 saturated carbocycles. The maximum atomic E-state index is 12.2. The standard InChI is InChI=1S/C19H19NO6S/c1-12(19(22)20-13-3-8-16-17(9-13)25-11-24-16)26-18(21)10-27-15-6-4-14(23-2)5-7-15/h3-9,12H,10-11H2,1-2H3,(H,20,22)/t12-/m0/s1. The number of hydrogen-bond acceptors (Lipinski definition) is 7. The van der Waals surface area contributed by atoms with Crippen molar-refractivity contribution < 1.29 is 28.5 Å². The van der Waals surface area contributed by atoms with Gasteiger partial charge in [0.05, 0.1) is 12.9 Å². The Morgan fingerprint density at radius 3 is 2.63 bits per heavy atom. The molecule has 0 unspecified atom stereocenters. The van der Waals surface area contributed by atoms with E-state index in [1.54, 1.807) is 25.3 Å². The molecule has 0 spiro atoms. The lowest BCUT2D eigenvalue weighted by molar-refractivity contribution is -0.150. The van der Waals surface area contributed by atoms with Gasteiger partial charge in [-0.05, 0) is 43.3 Å². The second kappa shape index (κ2) is 8.68. The summed E-state index contributed by atoms with van der Waals surface area (Å²) in [4.78, 5) is 25.1. The number of methoxy groups -OCH3 is 1. The quantitative estimate of drug-likeness (QED) is 0.575. The number of anilines is 1. The van der Waals surface area contributed by atoms with Crippen LogP contribution in [-0.2, 0) is 14.3 Å². The van der Waals surface area contributed by atoms with Crippen molar-refractivity contribution in [3.8, 4) is 17.2 Å². The van der Waals surface area contributed by atoms with Gasteiger partial charge in [0, 0.05) is 16.6 Å². The van der Waals surface area contributed by atoms with E-state index in [-0.39, 0.29) is 12.5 Å². The van der Waals surface area contributed by atoms with Crippen molar-refractivity contribution in [1.29, 1.82) is 0 Å². The van der Waals surface area contributed by atoms with Gasteiger partial charge in [0.25, 0.3) is 5.91 Å². The topological polar surface area (TPSA) is 83.1 Å². The molecule has 8 heteroatoms. The summed E-state index contributed by atoms with van der Waals surface area (Å²) in [5.74, 6) is 1.15. The van der Waals surface area contributed by atoms with Gasteiger partial charge in [0.1, 0.15) is 5.75 Å².